The van der Waals surface area contributed by atoms with E-state index >= 15 is 0 Å². The summed E-state index contributed by atoms with van der Waals surface area (Å²) < 4.78 is 6.80. The van der Waals surface area contributed by atoms with Gasteiger partial charge >= 0.3 is 5.97 Å². The first-order valence-corrected chi connectivity index (χ1v) is 6.24. The molecule has 0 fully saturated rings. The van der Waals surface area contributed by atoms with E-state index in [9.17, 15) is 9.59 Å². The van der Waals surface area contributed by atoms with Crippen molar-refractivity contribution in [3.63, 3.8) is 0 Å². The van der Waals surface area contributed by atoms with E-state index in [2.05, 4.69) is 13.8 Å². The largest absolute Gasteiger partial charge is 0.462 e. The molecule has 0 radical (unpaired) electrons. The highest BCUT2D eigenvalue weighted by molar-refractivity contribution is 6.02. The van der Waals surface area contributed by atoms with Crippen LogP contribution in [0, 0.1) is 5.41 Å². The predicted octanol–water partition coefficient (Wildman–Crippen LogP) is 2.36. The number of hydrogen-bond acceptors (Lipinski definition) is 3. The van der Waals surface area contributed by atoms with Gasteiger partial charge in [0, 0.05) is 19.7 Å². The number of aromatic nitrogens is 1. The van der Waals surface area contributed by atoms with Crippen LogP contribution in [0.15, 0.2) is 6.20 Å². The van der Waals surface area contributed by atoms with Crippen molar-refractivity contribution >= 4 is 11.8 Å². The van der Waals surface area contributed by atoms with Crippen molar-refractivity contribution in [3.8, 4) is 0 Å². The molecular weight excluding hydrogens is 230 g/mol. The zero-order valence-electron chi connectivity index (χ0n) is 11.4. The first-order valence-electron chi connectivity index (χ1n) is 6.24. The third kappa shape index (κ3) is 2.07. The maximum absolute atomic E-state index is 12.1. The van der Waals surface area contributed by atoms with E-state index < -0.39 is 0 Å². The Morgan fingerprint density at radius 2 is 2.11 bits per heavy atom. The number of hydrogen-bond donors (Lipinski definition) is 0. The minimum absolute atomic E-state index is 0.0906. The average molecular weight is 249 g/mol. The average Bonchev–Trinajstić information content (AvgIpc) is 2.54. The first-order chi connectivity index (χ1) is 8.35. The van der Waals surface area contributed by atoms with Gasteiger partial charge in [-0.3, -0.25) is 4.79 Å². The van der Waals surface area contributed by atoms with E-state index in [1.165, 1.54) is 0 Å². The van der Waals surface area contributed by atoms with Gasteiger partial charge in [0.2, 0.25) is 0 Å². The van der Waals surface area contributed by atoms with Crippen molar-refractivity contribution in [2.24, 2.45) is 12.5 Å². The fourth-order valence-electron chi connectivity index (χ4n) is 2.66. The highest BCUT2D eigenvalue weighted by atomic mass is 16.5. The normalized spacial score (nSPS) is 17.4. The van der Waals surface area contributed by atoms with Gasteiger partial charge in [-0.2, -0.15) is 0 Å². The van der Waals surface area contributed by atoms with Crippen LogP contribution < -0.4 is 0 Å². The van der Waals surface area contributed by atoms with Gasteiger partial charge in [-0.05, 0) is 24.3 Å². The molecule has 0 atom stereocenters. The standard InChI is InChI=1S/C14H19NO3/c1-5-18-13(17)10-8-15(4)12-9(10)6-14(2,3)7-11(12)16/h8H,5-7H2,1-4H3. The van der Waals surface area contributed by atoms with E-state index in [0.717, 1.165) is 12.0 Å². The molecule has 98 valence electrons. The minimum atomic E-state index is -0.333. The molecule has 0 aromatic carbocycles. The molecule has 0 aliphatic heterocycles. The van der Waals surface area contributed by atoms with Gasteiger partial charge in [-0.15, -0.1) is 0 Å². The molecule has 2 rings (SSSR count). The van der Waals surface area contributed by atoms with Crippen molar-refractivity contribution in [1.82, 2.24) is 4.57 Å². The summed E-state index contributed by atoms with van der Waals surface area (Å²) in [4.78, 5) is 24.0. The Morgan fingerprint density at radius 1 is 1.44 bits per heavy atom. The minimum Gasteiger partial charge on any atom is -0.462 e. The second kappa shape index (κ2) is 4.26. The molecule has 0 bridgehead atoms. The fourth-order valence-corrected chi connectivity index (χ4v) is 2.66. The third-order valence-corrected chi connectivity index (χ3v) is 3.34. The van der Waals surface area contributed by atoms with Gasteiger partial charge in [0.25, 0.3) is 0 Å². The molecule has 1 aromatic rings. The monoisotopic (exact) mass is 249 g/mol. The van der Waals surface area contributed by atoms with Crippen molar-refractivity contribution in [3.05, 3.63) is 23.0 Å². The van der Waals surface area contributed by atoms with E-state index in [4.69, 9.17) is 4.74 Å². The summed E-state index contributed by atoms with van der Waals surface area (Å²) in [6, 6.07) is 0. The number of aryl methyl sites for hydroxylation is 1. The van der Waals surface area contributed by atoms with E-state index in [1.807, 2.05) is 0 Å². The van der Waals surface area contributed by atoms with Crippen LogP contribution in [0.25, 0.3) is 0 Å². The number of carbonyl (C=O) groups excluding carboxylic acids is 2. The van der Waals surface area contributed by atoms with Crippen LogP contribution in [0.4, 0.5) is 0 Å². The summed E-state index contributed by atoms with van der Waals surface area (Å²) in [6.45, 7) is 6.23. The zero-order valence-corrected chi connectivity index (χ0v) is 11.4. The number of fused-ring (bicyclic) bond motifs is 1. The molecule has 0 saturated heterocycles. The van der Waals surface area contributed by atoms with E-state index in [1.54, 1.807) is 24.7 Å². The second-order valence-electron chi connectivity index (χ2n) is 5.64. The Kier molecular flexibility index (Phi) is 3.05. The molecule has 0 N–H and O–H groups in total. The highest BCUT2D eigenvalue weighted by Crippen LogP contribution is 2.37. The van der Waals surface area contributed by atoms with Crippen molar-refractivity contribution in [2.75, 3.05) is 6.61 Å². The summed E-state index contributed by atoms with van der Waals surface area (Å²) in [5.41, 5.74) is 1.96. The lowest BCUT2D eigenvalue weighted by Gasteiger charge is -2.29. The lowest BCUT2D eigenvalue weighted by molar-refractivity contribution is 0.0524. The molecule has 4 heteroatoms. The van der Waals surface area contributed by atoms with Gasteiger partial charge in [-0.25, -0.2) is 4.79 Å². The van der Waals surface area contributed by atoms with Crippen LogP contribution in [0.2, 0.25) is 0 Å². The quantitative estimate of drug-likeness (QED) is 0.756. The summed E-state index contributed by atoms with van der Waals surface area (Å²) in [5, 5.41) is 0. The Morgan fingerprint density at radius 3 is 2.72 bits per heavy atom. The Hall–Kier alpha value is -1.58. The molecule has 1 heterocycles. The predicted molar refractivity (Wildman–Crippen MR) is 67.8 cm³/mol. The van der Waals surface area contributed by atoms with Gasteiger partial charge in [0.1, 0.15) is 0 Å². The number of carbonyl (C=O) groups is 2. The molecule has 0 saturated carbocycles. The number of ketones is 1. The topological polar surface area (TPSA) is 48.3 Å². The summed E-state index contributed by atoms with van der Waals surface area (Å²) in [7, 11) is 1.80. The van der Waals surface area contributed by atoms with Crippen LogP contribution in [0.1, 0.15) is 53.6 Å². The van der Waals surface area contributed by atoms with Crippen molar-refractivity contribution in [1.29, 1.82) is 0 Å². The molecule has 1 aliphatic carbocycles. The van der Waals surface area contributed by atoms with Gasteiger partial charge in [0.05, 0.1) is 17.9 Å². The molecule has 0 spiro atoms. The number of esters is 1. The molecule has 1 aliphatic rings. The van der Waals surface area contributed by atoms with Crippen molar-refractivity contribution in [2.45, 2.75) is 33.6 Å². The number of Topliss-reactive ketones (excluding diaryl/α,β-unsaturated/α-hetero) is 1. The summed E-state index contributed by atoms with van der Waals surface area (Å²) >= 11 is 0. The number of ether oxygens (including phenoxy) is 1. The molecule has 1 aromatic heterocycles. The van der Waals surface area contributed by atoms with E-state index in [0.29, 0.717) is 24.3 Å². The lowest BCUT2D eigenvalue weighted by atomic mass is 9.75. The van der Waals surface area contributed by atoms with Gasteiger partial charge in [-0.1, -0.05) is 13.8 Å². The molecule has 18 heavy (non-hydrogen) atoms. The Balaban J connectivity index is 2.50. The van der Waals surface area contributed by atoms with Crippen molar-refractivity contribution < 1.29 is 14.3 Å². The Labute approximate surface area is 107 Å². The summed E-state index contributed by atoms with van der Waals surface area (Å²) in [6.07, 6.45) is 2.98. The molecule has 0 amide bonds. The van der Waals surface area contributed by atoms with Crippen LogP contribution in [-0.4, -0.2) is 22.9 Å². The smallest absolute Gasteiger partial charge is 0.339 e. The van der Waals surface area contributed by atoms with Gasteiger partial charge in [0.15, 0.2) is 5.78 Å². The Bertz CT molecular complexity index is 511. The zero-order chi connectivity index (χ0) is 13.5. The molecule has 0 unspecified atom stereocenters. The van der Waals surface area contributed by atoms with Crippen LogP contribution >= 0.6 is 0 Å². The second-order valence-corrected chi connectivity index (χ2v) is 5.64. The van der Waals surface area contributed by atoms with Crippen LogP contribution in [-0.2, 0) is 18.2 Å². The maximum atomic E-state index is 12.1. The highest BCUT2D eigenvalue weighted by Gasteiger charge is 2.36. The lowest BCUT2D eigenvalue weighted by Crippen LogP contribution is -2.28. The SMILES string of the molecule is CCOC(=O)c1cn(C)c2c1CC(C)(C)CC2=O. The number of nitrogens with zero attached hydrogens (tertiary/aromatic N) is 1. The van der Waals surface area contributed by atoms with Crippen LogP contribution in [0.5, 0.6) is 0 Å². The number of rotatable bonds is 2. The van der Waals surface area contributed by atoms with Gasteiger partial charge < -0.3 is 9.30 Å². The molecule has 4 nitrogen and oxygen atoms in total. The van der Waals surface area contributed by atoms with Crippen LogP contribution in [0.3, 0.4) is 0 Å². The summed E-state index contributed by atoms with van der Waals surface area (Å²) in [5.74, 6) is -0.223. The fraction of sp³-hybridized carbons (Fsp3) is 0.571. The third-order valence-electron chi connectivity index (χ3n) is 3.34. The molecular formula is C14H19NO3. The van der Waals surface area contributed by atoms with E-state index in [-0.39, 0.29) is 17.2 Å². The maximum Gasteiger partial charge on any atom is 0.339 e. The first kappa shape index (κ1) is 12.9.